The Morgan fingerprint density at radius 1 is 0.600 bits per heavy atom. The summed E-state index contributed by atoms with van der Waals surface area (Å²) in [4.78, 5) is 48.5. The quantitative estimate of drug-likeness (QED) is 0.0167. The van der Waals surface area contributed by atoms with Crippen LogP contribution in [0.2, 0.25) is 0 Å². The molecule has 0 aliphatic rings. The molecule has 0 unspecified atom stereocenters. The van der Waals surface area contributed by atoms with Crippen LogP contribution in [0.3, 0.4) is 0 Å². The Morgan fingerprint density at radius 2 is 1.02 bits per heavy atom. The fourth-order valence-corrected chi connectivity index (χ4v) is 4.60. The molecule has 0 aromatic heterocycles. The Morgan fingerprint density at radius 3 is 1.27 bits per heavy atom. The van der Waals surface area contributed by atoms with Crippen molar-refractivity contribution in [3.63, 3.8) is 0 Å². The van der Waals surface area contributed by atoms with Crippen molar-refractivity contribution >= 4 is 30.1 Å². The van der Waals surface area contributed by atoms with E-state index >= 15 is 0 Å². The summed E-state index contributed by atoms with van der Waals surface area (Å²) in [6.45, 7) is 56.5. The van der Waals surface area contributed by atoms with E-state index < -0.39 is 11.9 Å². The summed E-state index contributed by atoms with van der Waals surface area (Å²) < 4.78 is 13.8. The number of aliphatic hydroxyl groups is 3. The summed E-state index contributed by atoms with van der Waals surface area (Å²) in [5.41, 5.74) is 4.29. The number of unbranched alkanes of at least 4 members (excludes halogenated alkanes) is 12. The normalized spacial score (nSPS) is 9.06. The molecule has 0 atom stereocenters. The molecule has 0 saturated heterocycles. The van der Waals surface area contributed by atoms with E-state index in [0.717, 1.165) is 30.2 Å². The second-order valence-electron chi connectivity index (χ2n) is 18.7. The second-order valence-corrected chi connectivity index (χ2v) is 18.7. The van der Waals surface area contributed by atoms with Crippen LogP contribution in [-0.4, -0.2) is 66.3 Å². The van der Waals surface area contributed by atoms with Gasteiger partial charge >= 0.3 is 24.1 Å². The monoisotopic (exact) mass is 1190 g/mol. The van der Waals surface area contributed by atoms with Gasteiger partial charge in [0.2, 0.25) is 5.76 Å². The summed E-state index contributed by atoms with van der Waals surface area (Å²) in [7, 11) is 1.37. The molecule has 1 aromatic rings. The number of hydrogen-bond acceptors (Lipinski definition) is 11. The van der Waals surface area contributed by atoms with E-state index in [2.05, 4.69) is 117 Å². The fourth-order valence-electron chi connectivity index (χ4n) is 4.60. The molecule has 11 nitrogen and oxygen atoms in total. The minimum Gasteiger partial charge on any atom is -0.516 e. The average Bonchev–Trinajstić information content (AvgIpc) is 3.48. The van der Waals surface area contributed by atoms with Gasteiger partial charge in [-0.3, -0.25) is 9.59 Å². The standard InChI is InChI=1S/C10H16O4.C8H14O.C8H8.2C8H16.C7H14.C6H10O2.C6H12.C5H10.C4H8O.C3H6O.CO2/c1-5-13-10(12)9(6-7(2)3)14-8(4)11;1-7(2)4-5-8(3)6-9;1-2-8-6-4-3-5-7-8;2*1-3-5-7-8-6-4-2;1-3-5-7-6-4-2;1-5(2)4-6(7)8-3;1-3-5-6-4-2;1-3-5-4-2;1-2-3-4-5;1-2-3-4;2-1-3/h6-7H,5H2,1-4H3;4,6,9H,5H2,1-3H3;2-7H,1H2;7-8H,3-6H2,1-2H3;3H,1,4-8H2,2H3;3H,1,4-7H2,2H3;1,4H2,2-3H3;3H,1,4-6H2,2H3;3H,1,4-5H2,2H3;2,5H,1,3-4H2;2,4H,1,3H2;/b;8-6+;;8-7-;;;;;;;;. The molecule has 0 bridgehead atoms. The summed E-state index contributed by atoms with van der Waals surface area (Å²) in [6, 6.07) is 10.0. The third-order valence-electron chi connectivity index (χ3n) is 9.04. The highest BCUT2D eigenvalue weighted by Crippen LogP contribution is 2.07. The van der Waals surface area contributed by atoms with Crippen LogP contribution >= 0.6 is 0 Å². The Bertz CT molecular complexity index is 1740. The number of aliphatic hydroxyl groups excluding tert-OH is 3. The van der Waals surface area contributed by atoms with E-state index in [4.69, 9.17) is 34.4 Å². The molecular formula is C74H130O11. The van der Waals surface area contributed by atoms with E-state index in [1.165, 1.54) is 140 Å². The van der Waals surface area contributed by atoms with Crippen molar-refractivity contribution in [2.75, 3.05) is 26.9 Å². The lowest BCUT2D eigenvalue weighted by atomic mass is 10.2. The molecule has 1 rings (SSSR count). The van der Waals surface area contributed by atoms with Gasteiger partial charge in [0.15, 0.2) is 0 Å². The van der Waals surface area contributed by atoms with Crippen LogP contribution in [0.5, 0.6) is 0 Å². The van der Waals surface area contributed by atoms with Gasteiger partial charge in [0.1, 0.15) is 0 Å². The molecule has 0 saturated carbocycles. The smallest absolute Gasteiger partial charge is 0.374 e. The number of esters is 3. The molecule has 0 amide bonds. The van der Waals surface area contributed by atoms with Gasteiger partial charge in [0.05, 0.1) is 33.0 Å². The lowest BCUT2D eigenvalue weighted by molar-refractivity contribution is -0.191. The highest BCUT2D eigenvalue weighted by atomic mass is 16.6. The maximum absolute atomic E-state index is 11.2. The lowest BCUT2D eigenvalue weighted by Crippen LogP contribution is -2.13. The van der Waals surface area contributed by atoms with Crippen LogP contribution in [0.15, 0.2) is 172 Å². The number of hydrogen-bond donors (Lipinski definition) is 3. The summed E-state index contributed by atoms with van der Waals surface area (Å²) in [5.74, 6) is -1.26. The van der Waals surface area contributed by atoms with Gasteiger partial charge in [-0.15, -0.1) is 39.5 Å². The molecule has 1 aromatic carbocycles. The molecule has 0 heterocycles. The maximum atomic E-state index is 11.2. The van der Waals surface area contributed by atoms with Gasteiger partial charge < -0.3 is 29.5 Å². The van der Waals surface area contributed by atoms with Crippen LogP contribution in [0, 0.1) is 5.92 Å². The molecule has 0 aliphatic carbocycles. The zero-order valence-corrected chi connectivity index (χ0v) is 57.1. The fraction of sp³-hybridized carbons (Fsp3) is 0.541. The number of ether oxygens (including phenoxy) is 3. The first-order valence-electron chi connectivity index (χ1n) is 30.5. The first kappa shape index (κ1) is 104. The predicted octanol–water partition coefficient (Wildman–Crippen LogP) is 21.4. The molecule has 0 radical (unpaired) electrons. The Hall–Kier alpha value is -6.39. The molecule has 11 heteroatoms. The molecule has 0 spiro atoms. The van der Waals surface area contributed by atoms with Crippen molar-refractivity contribution in [2.45, 2.75) is 232 Å². The molecule has 3 N–H and O–H groups in total. The van der Waals surface area contributed by atoms with Crippen molar-refractivity contribution < 1.29 is 53.5 Å². The third-order valence-corrected chi connectivity index (χ3v) is 9.04. The minimum atomic E-state index is -0.601. The van der Waals surface area contributed by atoms with Crippen LogP contribution in [0.4, 0.5) is 0 Å². The van der Waals surface area contributed by atoms with Crippen LogP contribution < -0.4 is 0 Å². The van der Waals surface area contributed by atoms with E-state index in [1.807, 2.05) is 95.3 Å². The largest absolute Gasteiger partial charge is 0.516 e. The van der Waals surface area contributed by atoms with E-state index in [1.54, 1.807) is 26.0 Å². The Kier molecular flexibility index (Phi) is 129. The SMILES string of the molecule is C=C(C)CC(=O)OC.C=CCCC.C=CCCCC.C=CCCCCC.C=CCCCCCC.C=CCCO.C=CCO.C=Cc1ccccc1.CC(C)=CC/C(C)=C/O.CCC/C=C\CCC.CCOC(=O)C(=CC(C)C)OC(C)=O.O=C=O. The molecule has 0 aliphatic heterocycles. The molecular weight excluding hydrogens is 1060 g/mol. The first-order valence-corrected chi connectivity index (χ1v) is 30.5. The molecule has 85 heavy (non-hydrogen) atoms. The first-order chi connectivity index (χ1) is 40.5. The van der Waals surface area contributed by atoms with E-state index in [0.29, 0.717) is 12.8 Å². The second kappa shape index (κ2) is 106. The Balaban J connectivity index is -0.0000000795. The predicted molar refractivity (Wildman–Crippen MR) is 371 cm³/mol. The number of allylic oxidation sites excluding steroid dienone is 10. The highest BCUT2D eigenvalue weighted by molar-refractivity contribution is 5.89. The van der Waals surface area contributed by atoms with Crippen molar-refractivity contribution in [3.8, 4) is 0 Å². The summed E-state index contributed by atoms with van der Waals surface area (Å²) in [6.07, 6.45) is 47.3. The van der Waals surface area contributed by atoms with Gasteiger partial charge in [-0.05, 0) is 122 Å². The van der Waals surface area contributed by atoms with Crippen LogP contribution in [0.25, 0.3) is 6.08 Å². The van der Waals surface area contributed by atoms with Crippen LogP contribution in [-0.2, 0) is 38.2 Å². The molecule has 0 fully saturated rings. The van der Waals surface area contributed by atoms with Crippen molar-refractivity contribution in [1.82, 2.24) is 0 Å². The van der Waals surface area contributed by atoms with Crippen molar-refractivity contribution in [2.24, 2.45) is 5.92 Å². The topological polar surface area (TPSA) is 174 Å². The summed E-state index contributed by atoms with van der Waals surface area (Å²) in [5, 5.41) is 24.2. The Labute approximate surface area is 524 Å². The minimum absolute atomic E-state index is 0.0330. The highest BCUT2D eigenvalue weighted by Gasteiger charge is 2.14. The van der Waals surface area contributed by atoms with Crippen molar-refractivity contribution in [3.05, 3.63) is 178 Å². The zero-order valence-electron chi connectivity index (χ0n) is 57.1. The van der Waals surface area contributed by atoms with Gasteiger partial charge in [-0.1, -0.05) is 235 Å². The van der Waals surface area contributed by atoms with Gasteiger partial charge in [0, 0.05) is 13.5 Å². The van der Waals surface area contributed by atoms with Crippen LogP contribution in [0.1, 0.15) is 237 Å². The number of rotatable bonds is 30. The van der Waals surface area contributed by atoms with Gasteiger partial charge in [-0.2, -0.15) is 9.59 Å². The number of carbonyl (C=O) groups is 3. The number of methoxy groups -OCH3 is 1. The molecule has 492 valence electrons. The maximum Gasteiger partial charge on any atom is 0.374 e. The zero-order chi connectivity index (χ0) is 68.0. The van der Waals surface area contributed by atoms with E-state index in [-0.39, 0.29) is 43.6 Å². The summed E-state index contributed by atoms with van der Waals surface area (Å²) >= 11 is 0. The number of carbonyl (C=O) groups excluding carboxylic acids is 5. The third kappa shape index (κ3) is 154. The lowest BCUT2D eigenvalue weighted by Gasteiger charge is -2.07. The van der Waals surface area contributed by atoms with E-state index in [9.17, 15) is 14.4 Å². The number of benzene rings is 1. The van der Waals surface area contributed by atoms with Crippen molar-refractivity contribution in [1.29, 1.82) is 0 Å². The average molecular weight is 1200 g/mol. The van der Waals surface area contributed by atoms with Gasteiger partial charge in [0.25, 0.3) is 0 Å². The van der Waals surface area contributed by atoms with Gasteiger partial charge in [-0.25, -0.2) is 4.79 Å².